The molecule has 5 nitrogen and oxygen atoms in total. The van der Waals surface area contributed by atoms with Gasteiger partial charge in [-0.15, -0.1) is 24.2 Å². The maximum absolute atomic E-state index is 12.2. The molecule has 1 unspecified atom stereocenters. The highest BCUT2D eigenvalue weighted by Crippen LogP contribution is 2.35. The summed E-state index contributed by atoms with van der Waals surface area (Å²) in [5.41, 5.74) is 6.35. The van der Waals surface area contributed by atoms with E-state index in [1.54, 1.807) is 12.1 Å². The monoisotopic (exact) mass is 329 g/mol. The Morgan fingerprint density at radius 2 is 2.14 bits per heavy atom. The zero-order valence-electron chi connectivity index (χ0n) is 12.2. The van der Waals surface area contributed by atoms with E-state index in [0.717, 1.165) is 4.90 Å². The quantitative estimate of drug-likeness (QED) is 0.792. The van der Waals surface area contributed by atoms with Gasteiger partial charge in [-0.05, 0) is 39.0 Å². The Bertz CT molecular complexity index is 563. The number of fused-ring (bicyclic) bond motifs is 1. The second kappa shape index (κ2) is 6.68. The molecule has 1 atom stereocenters. The van der Waals surface area contributed by atoms with Gasteiger partial charge in [-0.2, -0.15) is 0 Å². The highest BCUT2D eigenvalue weighted by Gasteiger charge is 2.25. The van der Waals surface area contributed by atoms with Crippen LogP contribution in [0.3, 0.4) is 0 Å². The minimum atomic E-state index is -0.459. The Kier molecular flexibility index (Phi) is 5.67. The minimum Gasteiger partial charge on any atom is -0.346 e. The summed E-state index contributed by atoms with van der Waals surface area (Å²) in [6.45, 7) is 5.94. The van der Waals surface area contributed by atoms with Gasteiger partial charge in [0.2, 0.25) is 5.91 Å². The first-order chi connectivity index (χ1) is 9.32. The van der Waals surface area contributed by atoms with E-state index in [-0.39, 0.29) is 29.5 Å². The molecule has 0 fully saturated rings. The van der Waals surface area contributed by atoms with E-state index < -0.39 is 5.54 Å². The van der Waals surface area contributed by atoms with Gasteiger partial charge in [-0.1, -0.05) is 0 Å². The predicted octanol–water partition coefficient (Wildman–Crippen LogP) is 2.01. The molecule has 0 spiro atoms. The Labute approximate surface area is 134 Å². The van der Waals surface area contributed by atoms with E-state index in [1.807, 2.05) is 26.8 Å². The standard InChI is InChI=1S/C14H19N3O2S.ClH/c1-8-12(18)16-10-6-9(4-5-11(10)20-8)13(19)17-14(2,3)7-15;/h4-6,8H,7,15H2,1-3H3,(H,16,18)(H,17,19);1H. The second-order valence-corrected chi connectivity index (χ2v) is 6.89. The first-order valence-electron chi connectivity index (χ1n) is 6.46. The molecule has 1 heterocycles. The van der Waals surface area contributed by atoms with Crippen LogP contribution in [-0.2, 0) is 4.79 Å². The van der Waals surface area contributed by atoms with Crippen LogP contribution in [0.25, 0.3) is 0 Å². The zero-order valence-corrected chi connectivity index (χ0v) is 13.9. The number of anilines is 1. The molecule has 0 bridgehead atoms. The Hall–Kier alpha value is -1.24. The fourth-order valence-corrected chi connectivity index (χ4v) is 2.71. The van der Waals surface area contributed by atoms with Gasteiger partial charge in [-0.25, -0.2) is 0 Å². The molecule has 0 radical (unpaired) electrons. The lowest BCUT2D eigenvalue weighted by Gasteiger charge is -2.25. The number of hydrogen-bond acceptors (Lipinski definition) is 4. The van der Waals surface area contributed by atoms with Crippen molar-refractivity contribution in [1.82, 2.24) is 5.32 Å². The molecule has 116 valence electrons. The number of nitrogens with one attached hydrogen (secondary N) is 2. The molecule has 2 rings (SSSR count). The molecule has 0 aliphatic carbocycles. The van der Waals surface area contributed by atoms with E-state index >= 15 is 0 Å². The first-order valence-corrected chi connectivity index (χ1v) is 7.34. The van der Waals surface area contributed by atoms with Crippen molar-refractivity contribution in [3.05, 3.63) is 23.8 Å². The van der Waals surface area contributed by atoms with Crippen molar-refractivity contribution in [1.29, 1.82) is 0 Å². The molecule has 0 saturated carbocycles. The van der Waals surface area contributed by atoms with Gasteiger partial charge >= 0.3 is 0 Å². The third kappa shape index (κ3) is 4.12. The average Bonchev–Trinajstić information content (AvgIpc) is 2.39. The summed E-state index contributed by atoms with van der Waals surface area (Å²) >= 11 is 1.49. The molecule has 1 aliphatic heterocycles. The molecule has 2 amide bonds. The summed E-state index contributed by atoms with van der Waals surface area (Å²) in [5, 5.41) is 5.57. The van der Waals surface area contributed by atoms with Crippen molar-refractivity contribution in [2.45, 2.75) is 36.5 Å². The van der Waals surface area contributed by atoms with Gasteiger partial charge in [0.15, 0.2) is 0 Å². The molecule has 7 heteroatoms. The predicted molar refractivity (Wildman–Crippen MR) is 88.2 cm³/mol. The van der Waals surface area contributed by atoms with Crippen LogP contribution in [0.2, 0.25) is 0 Å². The highest BCUT2D eigenvalue weighted by atomic mass is 35.5. The summed E-state index contributed by atoms with van der Waals surface area (Å²) in [4.78, 5) is 24.8. The maximum Gasteiger partial charge on any atom is 0.251 e. The van der Waals surface area contributed by atoms with Crippen LogP contribution in [0.5, 0.6) is 0 Å². The summed E-state index contributed by atoms with van der Waals surface area (Å²) in [6.07, 6.45) is 0. The van der Waals surface area contributed by atoms with E-state index in [2.05, 4.69) is 10.6 Å². The van der Waals surface area contributed by atoms with Crippen molar-refractivity contribution in [2.24, 2.45) is 5.73 Å². The molecule has 1 aromatic carbocycles. The smallest absolute Gasteiger partial charge is 0.251 e. The molecule has 0 saturated heterocycles. The molecule has 4 N–H and O–H groups in total. The van der Waals surface area contributed by atoms with Gasteiger partial charge in [0.1, 0.15) is 0 Å². The van der Waals surface area contributed by atoms with Gasteiger partial charge < -0.3 is 16.4 Å². The third-order valence-corrected chi connectivity index (χ3v) is 4.31. The van der Waals surface area contributed by atoms with Crippen LogP contribution >= 0.6 is 24.2 Å². The molecule has 21 heavy (non-hydrogen) atoms. The number of halogens is 1. The maximum atomic E-state index is 12.2. The van der Waals surface area contributed by atoms with Gasteiger partial charge in [0, 0.05) is 22.5 Å². The number of nitrogens with two attached hydrogens (primary N) is 1. The van der Waals surface area contributed by atoms with Crippen LogP contribution in [0, 0.1) is 0 Å². The van der Waals surface area contributed by atoms with Crippen LogP contribution in [-0.4, -0.2) is 29.1 Å². The van der Waals surface area contributed by atoms with Crippen LogP contribution in [0.4, 0.5) is 5.69 Å². The van der Waals surface area contributed by atoms with Gasteiger partial charge in [0.25, 0.3) is 5.91 Å². The van der Waals surface area contributed by atoms with Crippen molar-refractivity contribution in [2.75, 3.05) is 11.9 Å². The SMILES string of the molecule is CC1Sc2ccc(C(=O)NC(C)(C)CN)cc2NC1=O.Cl. The first kappa shape index (κ1) is 17.8. The number of amides is 2. The Morgan fingerprint density at radius 1 is 1.48 bits per heavy atom. The van der Waals surface area contributed by atoms with Crippen LogP contribution in [0.15, 0.2) is 23.1 Å². The van der Waals surface area contributed by atoms with Crippen molar-refractivity contribution in [3.63, 3.8) is 0 Å². The topological polar surface area (TPSA) is 84.2 Å². The fraction of sp³-hybridized carbons (Fsp3) is 0.429. The molecule has 0 aromatic heterocycles. The number of carbonyl (C=O) groups excluding carboxylic acids is 2. The summed E-state index contributed by atoms with van der Waals surface area (Å²) in [7, 11) is 0. The number of thioether (sulfide) groups is 1. The highest BCUT2D eigenvalue weighted by molar-refractivity contribution is 8.00. The van der Waals surface area contributed by atoms with E-state index in [1.165, 1.54) is 11.8 Å². The van der Waals surface area contributed by atoms with Crippen molar-refractivity contribution >= 4 is 41.7 Å². The van der Waals surface area contributed by atoms with E-state index in [9.17, 15) is 9.59 Å². The van der Waals surface area contributed by atoms with Gasteiger partial charge in [-0.3, -0.25) is 9.59 Å². The lowest BCUT2D eigenvalue weighted by atomic mass is 10.0. The number of benzene rings is 1. The van der Waals surface area contributed by atoms with Crippen molar-refractivity contribution in [3.8, 4) is 0 Å². The average molecular weight is 330 g/mol. The van der Waals surface area contributed by atoms with Gasteiger partial charge in [0.05, 0.1) is 10.9 Å². The molecule has 1 aliphatic rings. The van der Waals surface area contributed by atoms with E-state index in [0.29, 0.717) is 17.8 Å². The largest absolute Gasteiger partial charge is 0.346 e. The normalized spacial score (nSPS) is 17.3. The Morgan fingerprint density at radius 3 is 2.76 bits per heavy atom. The fourth-order valence-electron chi connectivity index (χ4n) is 1.78. The Balaban J connectivity index is 0.00000220. The molecular formula is C14H20ClN3O2S. The number of rotatable bonds is 3. The molecule has 1 aromatic rings. The third-order valence-electron chi connectivity index (χ3n) is 3.13. The lowest BCUT2D eigenvalue weighted by Crippen LogP contribution is -2.48. The van der Waals surface area contributed by atoms with Crippen LogP contribution < -0.4 is 16.4 Å². The number of carbonyl (C=O) groups is 2. The van der Waals surface area contributed by atoms with Crippen molar-refractivity contribution < 1.29 is 9.59 Å². The van der Waals surface area contributed by atoms with Crippen LogP contribution in [0.1, 0.15) is 31.1 Å². The summed E-state index contributed by atoms with van der Waals surface area (Å²) in [6, 6.07) is 5.33. The van der Waals surface area contributed by atoms with E-state index in [4.69, 9.17) is 5.73 Å². The lowest BCUT2D eigenvalue weighted by molar-refractivity contribution is -0.115. The molecular weight excluding hydrogens is 310 g/mol. The minimum absolute atomic E-state index is 0. The zero-order chi connectivity index (χ0) is 14.9. The number of hydrogen-bond donors (Lipinski definition) is 3. The summed E-state index contributed by atoms with van der Waals surface area (Å²) in [5.74, 6) is -0.233. The summed E-state index contributed by atoms with van der Waals surface area (Å²) < 4.78 is 0. The second-order valence-electron chi connectivity index (χ2n) is 5.50.